The van der Waals surface area contributed by atoms with E-state index in [1.165, 1.54) is 23.9 Å². The van der Waals surface area contributed by atoms with Gasteiger partial charge in [-0.15, -0.1) is 11.3 Å². The van der Waals surface area contributed by atoms with Crippen LogP contribution >= 0.6 is 11.3 Å². The van der Waals surface area contributed by atoms with Crippen LogP contribution in [0.2, 0.25) is 0 Å². The van der Waals surface area contributed by atoms with Crippen molar-refractivity contribution in [1.29, 1.82) is 0 Å². The molecule has 1 aliphatic rings. The highest BCUT2D eigenvalue weighted by Gasteiger charge is 2.26. The number of primary amides is 1. The molecule has 0 saturated heterocycles. The fraction of sp³-hybridized carbons (Fsp3) is 0.350. The zero-order valence-corrected chi connectivity index (χ0v) is 16.1. The molecule has 6 nitrogen and oxygen atoms in total. The molecule has 1 aliphatic carbocycles. The van der Waals surface area contributed by atoms with Gasteiger partial charge < -0.3 is 15.8 Å². The van der Waals surface area contributed by atoms with Crippen molar-refractivity contribution >= 4 is 34.8 Å². The van der Waals surface area contributed by atoms with Gasteiger partial charge in [0.25, 0.3) is 5.91 Å². The lowest BCUT2D eigenvalue weighted by Crippen LogP contribution is -2.30. The van der Waals surface area contributed by atoms with Crippen molar-refractivity contribution in [2.45, 2.75) is 39.2 Å². The summed E-state index contributed by atoms with van der Waals surface area (Å²) >= 11 is 1.59. The van der Waals surface area contributed by atoms with Crippen molar-refractivity contribution < 1.29 is 19.1 Å². The van der Waals surface area contributed by atoms with Gasteiger partial charge in [0.05, 0.1) is 5.56 Å². The molecule has 3 N–H and O–H groups in total. The van der Waals surface area contributed by atoms with Crippen LogP contribution in [0, 0.1) is 5.92 Å². The Hall–Kier alpha value is -2.67. The molecule has 1 aromatic carbocycles. The Morgan fingerprint density at radius 3 is 2.63 bits per heavy atom. The Morgan fingerprint density at radius 2 is 1.96 bits per heavy atom. The van der Waals surface area contributed by atoms with E-state index in [1.807, 2.05) is 5.38 Å². The van der Waals surface area contributed by atoms with Crippen molar-refractivity contribution in [3.05, 3.63) is 51.2 Å². The molecule has 2 amide bonds. The number of rotatable bonds is 5. The van der Waals surface area contributed by atoms with Crippen molar-refractivity contribution in [1.82, 2.24) is 0 Å². The van der Waals surface area contributed by atoms with E-state index in [1.54, 1.807) is 23.5 Å². The third-order valence-corrected chi connectivity index (χ3v) is 5.76. The minimum Gasteiger partial charge on any atom is -0.449 e. The van der Waals surface area contributed by atoms with Gasteiger partial charge in [0, 0.05) is 21.5 Å². The molecule has 0 bridgehead atoms. The van der Waals surface area contributed by atoms with E-state index >= 15 is 0 Å². The maximum absolute atomic E-state index is 12.5. The zero-order valence-electron chi connectivity index (χ0n) is 15.3. The number of fused-ring (bicyclic) bond motifs is 1. The van der Waals surface area contributed by atoms with Gasteiger partial charge in [-0.1, -0.05) is 6.92 Å². The van der Waals surface area contributed by atoms with Gasteiger partial charge in [-0.3, -0.25) is 9.59 Å². The van der Waals surface area contributed by atoms with Crippen LogP contribution in [0.3, 0.4) is 0 Å². The number of nitrogens with two attached hydrogens (primary N) is 1. The fourth-order valence-corrected chi connectivity index (χ4v) is 4.32. The first-order valence-corrected chi connectivity index (χ1v) is 9.74. The Balaban J connectivity index is 1.61. The molecule has 0 aliphatic heterocycles. The van der Waals surface area contributed by atoms with Crippen LogP contribution in [0.5, 0.6) is 0 Å². The fourth-order valence-electron chi connectivity index (χ4n) is 3.09. The first-order valence-electron chi connectivity index (χ1n) is 8.86. The van der Waals surface area contributed by atoms with Crippen LogP contribution in [0.1, 0.15) is 51.4 Å². The molecule has 1 aromatic heterocycles. The monoisotopic (exact) mass is 386 g/mol. The summed E-state index contributed by atoms with van der Waals surface area (Å²) < 4.78 is 5.37. The van der Waals surface area contributed by atoms with Gasteiger partial charge in [0.15, 0.2) is 6.10 Å². The molecular formula is C20H22N2O4S. The summed E-state index contributed by atoms with van der Waals surface area (Å²) in [4.78, 5) is 37.1. The number of nitrogens with one attached hydrogen (secondary N) is 1. The van der Waals surface area contributed by atoms with Crippen molar-refractivity contribution in [2.24, 2.45) is 11.7 Å². The molecule has 3 rings (SSSR count). The predicted octanol–water partition coefficient (Wildman–Crippen LogP) is 3.16. The second-order valence-electron chi connectivity index (χ2n) is 6.88. The average molecular weight is 386 g/mol. The van der Waals surface area contributed by atoms with Gasteiger partial charge in [-0.05, 0) is 61.9 Å². The van der Waals surface area contributed by atoms with E-state index in [0.29, 0.717) is 22.7 Å². The van der Waals surface area contributed by atoms with Gasteiger partial charge >= 0.3 is 5.97 Å². The number of hydrogen-bond donors (Lipinski definition) is 2. The molecule has 0 radical (unpaired) electrons. The lowest BCUT2D eigenvalue weighted by Gasteiger charge is -2.19. The molecular weight excluding hydrogens is 364 g/mol. The van der Waals surface area contributed by atoms with E-state index < -0.39 is 23.9 Å². The quantitative estimate of drug-likeness (QED) is 0.771. The number of ether oxygens (including phenoxy) is 1. The SMILES string of the molecule is CC1CCc2c(C(=O)OC(C)C(=O)Nc3ccc(C(N)=O)cc3)csc2C1. The third-order valence-electron chi connectivity index (χ3n) is 4.71. The standard InChI is InChI=1S/C20H22N2O4S/c1-11-3-8-15-16(10-27-17(15)9-11)20(25)26-12(2)19(24)22-14-6-4-13(5-7-14)18(21)23/h4-7,10-12H,3,8-9H2,1-2H3,(H2,21,23)(H,22,24). The maximum atomic E-state index is 12.5. The Labute approximate surface area is 161 Å². The number of anilines is 1. The molecule has 1 heterocycles. The Morgan fingerprint density at radius 1 is 1.26 bits per heavy atom. The average Bonchev–Trinajstić information content (AvgIpc) is 3.05. The lowest BCUT2D eigenvalue weighted by molar-refractivity contribution is -0.123. The van der Waals surface area contributed by atoms with E-state index in [4.69, 9.17) is 10.5 Å². The summed E-state index contributed by atoms with van der Waals surface area (Å²) in [6.07, 6.45) is 1.98. The van der Waals surface area contributed by atoms with Gasteiger partial charge in [-0.25, -0.2) is 4.79 Å². The van der Waals surface area contributed by atoms with Crippen LogP contribution in [-0.4, -0.2) is 23.9 Å². The van der Waals surface area contributed by atoms with Crippen LogP contribution in [-0.2, 0) is 22.4 Å². The molecule has 0 fully saturated rings. The van der Waals surface area contributed by atoms with Crippen molar-refractivity contribution in [3.63, 3.8) is 0 Å². The summed E-state index contributed by atoms with van der Waals surface area (Å²) in [5.41, 5.74) is 7.68. The summed E-state index contributed by atoms with van der Waals surface area (Å²) in [7, 11) is 0. The molecule has 142 valence electrons. The lowest BCUT2D eigenvalue weighted by atomic mass is 9.88. The second kappa shape index (κ2) is 7.92. The molecule has 2 unspecified atom stereocenters. The molecule has 27 heavy (non-hydrogen) atoms. The summed E-state index contributed by atoms with van der Waals surface area (Å²) in [5, 5.41) is 4.49. The number of thiophene rings is 1. The topological polar surface area (TPSA) is 98.5 Å². The van der Waals surface area contributed by atoms with Crippen LogP contribution < -0.4 is 11.1 Å². The van der Waals surface area contributed by atoms with E-state index in [0.717, 1.165) is 24.8 Å². The smallest absolute Gasteiger partial charge is 0.340 e. The van der Waals surface area contributed by atoms with E-state index in [9.17, 15) is 14.4 Å². The summed E-state index contributed by atoms with van der Waals surface area (Å²) in [6, 6.07) is 6.19. The molecule has 0 saturated carbocycles. The normalized spacial score (nSPS) is 16.9. The molecule has 7 heteroatoms. The maximum Gasteiger partial charge on any atom is 0.340 e. The number of esters is 1. The first kappa shape index (κ1) is 19.1. The minimum atomic E-state index is -0.939. The summed E-state index contributed by atoms with van der Waals surface area (Å²) in [5.74, 6) is -0.809. The van der Waals surface area contributed by atoms with Crippen LogP contribution in [0.4, 0.5) is 5.69 Å². The summed E-state index contributed by atoms with van der Waals surface area (Å²) in [6.45, 7) is 3.74. The second-order valence-corrected chi connectivity index (χ2v) is 7.84. The Kier molecular flexibility index (Phi) is 5.60. The number of carbonyl (C=O) groups is 3. The first-order chi connectivity index (χ1) is 12.8. The molecule has 2 atom stereocenters. The number of carbonyl (C=O) groups excluding carboxylic acids is 3. The largest absolute Gasteiger partial charge is 0.449 e. The number of hydrogen-bond acceptors (Lipinski definition) is 5. The van der Waals surface area contributed by atoms with Crippen LogP contribution in [0.25, 0.3) is 0 Å². The number of amides is 2. The predicted molar refractivity (Wildman–Crippen MR) is 104 cm³/mol. The zero-order chi connectivity index (χ0) is 19.6. The van der Waals surface area contributed by atoms with Crippen LogP contribution in [0.15, 0.2) is 29.6 Å². The number of benzene rings is 1. The van der Waals surface area contributed by atoms with Crippen molar-refractivity contribution in [2.75, 3.05) is 5.32 Å². The van der Waals surface area contributed by atoms with Gasteiger partial charge in [-0.2, -0.15) is 0 Å². The van der Waals surface area contributed by atoms with E-state index in [-0.39, 0.29) is 0 Å². The van der Waals surface area contributed by atoms with Crippen molar-refractivity contribution in [3.8, 4) is 0 Å². The molecule has 0 spiro atoms. The Bertz CT molecular complexity index is 873. The highest BCUT2D eigenvalue weighted by atomic mass is 32.1. The highest BCUT2D eigenvalue weighted by molar-refractivity contribution is 7.10. The van der Waals surface area contributed by atoms with E-state index in [2.05, 4.69) is 12.2 Å². The highest BCUT2D eigenvalue weighted by Crippen LogP contribution is 2.33. The molecule has 2 aromatic rings. The minimum absolute atomic E-state index is 0.351. The third kappa shape index (κ3) is 4.36. The van der Waals surface area contributed by atoms with Gasteiger partial charge in [0.2, 0.25) is 5.91 Å². The van der Waals surface area contributed by atoms with Gasteiger partial charge in [0.1, 0.15) is 0 Å².